The van der Waals surface area contributed by atoms with Crippen LogP contribution in [0.4, 0.5) is 5.69 Å². The molecule has 2 aromatic rings. The van der Waals surface area contributed by atoms with Crippen LogP contribution >= 0.6 is 11.6 Å². The molecular weight excluding hydrogens is 514 g/mol. The second kappa shape index (κ2) is 14.8. The molecule has 0 bridgehead atoms. The van der Waals surface area contributed by atoms with Crippen molar-refractivity contribution in [1.82, 2.24) is 10.2 Å². The first-order chi connectivity index (χ1) is 17.6. The van der Waals surface area contributed by atoms with Crippen LogP contribution in [-0.2, 0) is 26.2 Å². The van der Waals surface area contributed by atoms with Crippen LogP contribution in [0, 0.1) is 0 Å². The molecule has 0 heterocycles. The van der Waals surface area contributed by atoms with Crippen LogP contribution in [0.25, 0.3) is 0 Å². The summed E-state index contributed by atoms with van der Waals surface area (Å²) in [5.74, 6) is -0.0246. The largest absolute Gasteiger partial charge is 0.495 e. The van der Waals surface area contributed by atoms with E-state index in [2.05, 4.69) is 5.32 Å². The normalized spacial score (nSPS) is 12.0. The Kier molecular flexibility index (Phi) is 12.2. The highest BCUT2D eigenvalue weighted by Gasteiger charge is 2.29. The Hall–Kier alpha value is -2.78. The number of ether oxygens (including phenoxy) is 1. The molecule has 0 fully saturated rings. The number of unbranched alkanes of at least 4 members (excludes halogenated alkanes) is 1. The van der Waals surface area contributed by atoms with Crippen molar-refractivity contribution in [2.75, 3.05) is 30.8 Å². The first-order valence-corrected chi connectivity index (χ1v) is 14.8. The van der Waals surface area contributed by atoms with Crippen LogP contribution in [0.3, 0.4) is 0 Å². The minimum Gasteiger partial charge on any atom is -0.495 e. The lowest BCUT2D eigenvalue weighted by Crippen LogP contribution is -2.49. The van der Waals surface area contributed by atoms with Gasteiger partial charge in [0.2, 0.25) is 21.8 Å². The van der Waals surface area contributed by atoms with Crippen molar-refractivity contribution in [3.63, 3.8) is 0 Å². The third-order valence-corrected chi connectivity index (χ3v) is 7.57. The Morgan fingerprint density at radius 1 is 1.05 bits per heavy atom. The summed E-state index contributed by atoms with van der Waals surface area (Å²) in [5.41, 5.74) is 1.15. The number of carbonyl (C=O) groups is 2. The fourth-order valence-electron chi connectivity index (χ4n) is 4.05. The third-order valence-electron chi connectivity index (χ3n) is 6.02. The lowest BCUT2D eigenvalue weighted by atomic mass is 10.1. The van der Waals surface area contributed by atoms with Crippen LogP contribution < -0.4 is 14.4 Å². The van der Waals surface area contributed by atoms with Gasteiger partial charge in [-0.1, -0.05) is 62.2 Å². The molecule has 0 radical (unpaired) electrons. The molecule has 1 unspecified atom stereocenters. The number of nitrogens with zero attached hydrogens (tertiary/aromatic N) is 2. The minimum absolute atomic E-state index is 0.0599. The van der Waals surface area contributed by atoms with Crippen molar-refractivity contribution < 1.29 is 22.7 Å². The second-order valence-electron chi connectivity index (χ2n) is 8.79. The number of hydrogen-bond donors (Lipinski definition) is 1. The molecule has 2 amide bonds. The summed E-state index contributed by atoms with van der Waals surface area (Å²) in [6, 6.07) is 13.4. The summed E-state index contributed by atoms with van der Waals surface area (Å²) in [5, 5.41) is 3.45. The molecule has 204 valence electrons. The van der Waals surface area contributed by atoms with E-state index in [1.54, 1.807) is 35.2 Å². The van der Waals surface area contributed by atoms with Gasteiger partial charge in [-0.2, -0.15) is 0 Å². The molecule has 2 rings (SSSR count). The molecule has 0 saturated carbocycles. The number of hydrogen-bond acceptors (Lipinski definition) is 5. The quantitative estimate of drug-likeness (QED) is 0.326. The molecule has 1 N–H and O–H groups in total. The van der Waals surface area contributed by atoms with Gasteiger partial charge >= 0.3 is 0 Å². The predicted molar refractivity (Wildman–Crippen MR) is 148 cm³/mol. The molecule has 37 heavy (non-hydrogen) atoms. The highest BCUT2D eigenvalue weighted by Crippen LogP contribution is 2.30. The van der Waals surface area contributed by atoms with Crippen molar-refractivity contribution >= 4 is 39.1 Å². The standard InChI is InChI=1S/C27H38ClN3O5S/c1-5-7-18-29-27(33)23(6-2)30(20-21-13-8-9-14-22(21)28)26(32)17-12-19-31(37(4,34)35)24-15-10-11-16-25(24)36-3/h8-11,13-16,23H,5-7,12,17-20H2,1-4H3,(H,29,33). The number of benzene rings is 2. The van der Waals surface area contributed by atoms with Gasteiger partial charge in [0.15, 0.2) is 0 Å². The van der Waals surface area contributed by atoms with Crippen molar-refractivity contribution in [3.8, 4) is 5.75 Å². The highest BCUT2D eigenvalue weighted by atomic mass is 35.5. The van der Waals surface area contributed by atoms with Crippen LogP contribution in [0.15, 0.2) is 48.5 Å². The number of halogens is 1. The first-order valence-electron chi connectivity index (χ1n) is 12.5. The van der Waals surface area contributed by atoms with Gasteiger partial charge in [0.1, 0.15) is 11.8 Å². The van der Waals surface area contributed by atoms with Gasteiger partial charge in [-0.15, -0.1) is 0 Å². The molecule has 10 heteroatoms. The van der Waals surface area contributed by atoms with E-state index in [0.29, 0.717) is 29.4 Å². The average molecular weight is 552 g/mol. The second-order valence-corrected chi connectivity index (χ2v) is 11.1. The number of sulfonamides is 1. The van der Waals surface area contributed by atoms with Crippen molar-refractivity contribution in [2.45, 2.75) is 58.5 Å². The van der Waals surface area contributed by atoms with E-state index in [1.807, 2.05) is 32.0 Å². The average Bonchev–Trinajstić information content (AvgIpc) is 2.87. The first kappa shape index (κ1) is 30.4. The predicted octanol–water partition coefficient (Wildman–Crippen LogP) is 4.62. The van der Waals surface area contributed by atoms with Gasteiger partial charge in [-0.05, 0) is 43.0 Å². The molecule has 0 aromatic heterocycles. The molecule has 0 aliphatic carbocycles. The van der Waals surface area contributed by atoms with Gasteiger partial charge in [-0.3, -0.25) is 13.9 Å². The number of rotatable bonds is 15. The Labute approximate surface area is 226 Å². The monoisotopic (exact) mass is 551 g/mol. The maximum atomic E-state index is 13.5. The zero-order valence-corrected chi connectivity index (χ0v) is 23.6. The van der Waals surface area contributed by atoms with Gasteiger partial charge in [-0.25, -0.2) is 8.42 Å². The zero-order chi connectivity index (χ0) is 27.4. The van der Waals surface area contributed by atoms with Crippen LogP contribution in [-0.4, -0.2) is 57.6 Å². The number of anilines is 1. The van der Waals surface area contributed by atoms with Gasteiger partial charge in [0.25, 0.3) is 0 Å². The minimum atomic E-state index is -3.62. The topological polar surface area (TPSA) is 96.0 Å². The lowest BCUT2D eigenvalue weighted by Gasteiger charge is -2.31. The van der Waals surface area contributed by atoms with Gasteiger partial charge < -0.3 is 15.0 Å². The summed E-state index contributed by atoms with van der Waals surface area (Å²) in [6.45, 7) is 4.72. The number of para-hydroxylation sites is 2. The Balaban J connectivity index is 2.23. The molecule has 0 aliphatic rings. The molecular formula is C27H38ClN3O5S. The zero-order valence-electron chi connectivity index (χ0n) is 22.1. The summed E-state index contributed by atoms with van der Waals surface area (Å²) in [6.07, 6.45) is 3.68. The van der Waals surface area contributed by atoms with Gasteiger partial charge in [0, 0.05) is 31.1 Å². The molecule has 2 aromatic carbocycles. The summed E-state index contributed by atoms with van der Waals surface area (Å²) >= 11 is 6.37. The summed E-state index contributed by atoms with van der Waals surface area (Å²) < 4.78 is 31.7. The Bertz CT molecular complexity index is 1140. The van der Waals surface area contributed by atoms with E-state index in [1.165, 1.54) is 11.4 Å². The van der Waals surface area contributed by atoms with E-state index >= 15 is 0 Å². The number of amides is 2. The van der Waals surface area contributed by atoms with Crippen molar-refractivity contribution in [1.29, 1.82) is 0 Å². The lowest BCUT2D eigenvalue weighted by molar-refractivity contribution is -0.141. The number of carbonyl (C=O) groups excluding carboxylic acids is 2. The van der Waals surface area contributed by atoms with Crippen LogP contribution in [0.1, 0.15) is 51.5 Å². The molecule has 8 nitrogen and oxygen atoms in total. The summed E-state index contributed by atoms with van der Waals surface area (Å²) in [7, 11) is -2.15. The SMILES string of the molecule is CCCCNC(=O)C(CC)N(Cc1ccccc1Cl)C(=O)CCCN(c1ccccc1OC)S(C)(=O)=O. The van der Waals surface area contributed by atoms with E-state index < -0.39 is 16.1 Å². The maximum absolute atomic E-state index is 13.5. The van der Waals surface area contributed by atoms with E-state index in [0.717, 1.165) is 24.7 Å². The molecule has 0 aliphatic heterocycles. The molecule has 0 spiro atoms. The van der Waals surface area contributed by atoms with Crippen LogP contribution in [0.5, 0.6) is 5.75 Å². The maximum Gasteiger partial charge on any atom is 0.242 e. The molecule has 1 atom stereocenters. The third kappa shape index (κ3) is 8.93. The fraction of sp³-hybridized carbons (Fsp3) is 0.481. The Morgan fingerprint density at radius 3 is 2.35 bits per heavy atom. The van der Waals surface area contributed by atoms with Crippen molar-refractivity contribution in [3.05, 3.63) is 59.1 Å². The fourth-order valence-corrected chi connectivity index (χ4v) is 5.22. The van der Waals surface area contributed by atoms with Crippen LogP contribution in [0.2, 0.25) is 5.02 Å². The van der Waals surface area contributed by atoms with E-state index in [-0.39, 0.29) is 37.7 Å². The smallest absolute Gasteiger partial charge is 0.242 e. The highest BCUT2D eigenvalue weighted by molar-refractivity contribution is 7.92. The van der Waals surface area contributed by atoms with E-state index in [9.17, 15) is 18.0 Å². The number of methoxy groups -OCH3 is 1. The summed E-state index contributed by atoms with van der Waals surface area (Å²) in [4.78, 5) is 28.0. The number of nitrogens with one attached hydrogen (secondary N) is 1. The van der Waals surface area contributed by atoms with E-state index in [4.69, 9.17) is 16.3 Å². The van der Waals surface area contributed by atoms with Crippen molar-refractivity contribution in [2.24, 2.45) is 0 Å². The molecule has 0 saturated heterocycles. The van der Waals surface area contributed by atoms with Gasteiger partial charge in [0.05, 0.1) is 19.1 Å². The Morgan fingerprint density at radius 2 is 1.73 bits per heavy atom.